The van der Waals surface area contributed by atoms with Crippen LogP contribution in [0.5, 0.6) is 0 Å². The van der Waals surface area contributed by atoms with Crippen molar-refractivity contribution >= 4 is 17.3 Å². The lowest BCUT2D eigenvalue weighted by molar-refractivity contribution is -0.115. The van der Waals surface area contributed by atoms with Crippen LogP contribution in [0.2, 0.25) is 0 Å². The fourth-order valence-electron chi connectivity index (χ4n) is 3.35. The molecule has 0 radical (unpaired) electrons. The topological polar surface area (TPSA) is 72.1 Å². The maximum atomic E-state index is 14.0. The Morgan fingerprint density at radius 3 is 2.41 bits per heavy atom. The zero-order valence-electron chi connectivity index (χ0n) is 19.6. The number of nitrogens with two attached hydrogens (primary N) is 1. The van der Waals surface area contributed by atoms with E-state index in [9.17, 15) is 9.18 Å². The number of anilines is 1. The minimum atomic E-state index is -0.348. The molecule has 0 bridgehead atoms. The smallest absolute Gasteiger partial charge is 0.256 e. The van der Waals surface area contributed by atoms with Crippen LogP contribution in [0.15, 0.2) is 60.4 Å². The molecule has 3 aromatic rings. The number of carbonyl (C=O) groups excluding carboxylic acids is 1. The minimum Gasteiger partial charge on any atom is -0.398 e. The van der Waals surface area contributed by atoms with Gasteiger partial charge in [0.2, 0.25) is 0 Å². The molecule has 3 rings (SSSR count). The van der Waals surface area contributed by atoms with Crippen LogP contribution >= 0.6 is 0 Å². The molecule has 5 nitrogen and oxygen atoms in total. The second-order valence-corrected chi connectivity index (χ2v) is 7.04. The third kappa shape index (κ3) is 5.19. The van der Waals surface area contributed by atoms with Crippen molar-refractivity contribution < 1.29 is 9.18 Å². The first-order valence-electron chi connectivity index (χ1n) is 10.8. The molecule has 0 unspecified atom stereocenters. The Morgan fingerprint density at radius 2 is 1.81 bits per heavy atom. The summed E-state index contributed by atoms with van der Waals surface area (Å²) in [5, 5.41) is 0. The average Bonchev–Trinajstić information content (AvgIpc) is 2.83. The standard InChI is InChI=1S/C24H25FN4O.C2H6/c1-5-29(22-10-6-9-20(25)15(22)2)24(30)16(3)23(26)19-11-12-21(28-17(19)4)18-8-7-13-27-14-18;1-2/h6-14H,5,26H2,1-4H3;1-2H3/b23-16-;. The van der Waals surface area contributed by atoms with Gasteiger partial charge in [-0.25, -0.2) is 4.39 Å². The number of hydrogen-bond donors (Lipinski definition) is 1. The van der Waals surface area contributed by atoms with Crippen molar-refractivity contribution in [2.45, 2.75) is 41.5 Å². The van der Waals surface area contributed by atoms with Crippen LogP contribution in [0, 0.1) is 19.7 Å². The summed E-state index contributed by atoms with van der Waals surface area (Å²) >= 11 is 0. The molecule has 0 fully saturated rings. The van der Waals surface area contributed by atoms with Crippen LogP contribution in [0.4, 0.5) is 10.1 Å². The first-order chi connectivity index (χ1) is 15.3. The van der Waals surface area contributed by atoms with E-state index in [-0.39, 0.29) is 11.7 Å². The van der Waals surface area contributed by atoms with Crippen molar-refractivity contribution in [2.24, 2.45) is 5.73 Å². The van der Waals surface area contributed by atoms with Gasteiger partial charge in [0.25, 0.3) is 5.91 Å². The minimum absolute atomic E-state index is 0.264. The molecule has 6 heteroatoms. The highest BCUT2D eigenvalue weighted by Gasteiger charge is 2.21. The molecule has 1 amide bonds. The Kier molecular flexibility index (Phi) is 8.64. The van der Waals surface area contributed by atoms with Crippen molar-refractivity contribution in [1.29, 1.82) is 0 Å². The number of amides is 1. The number of nitrogens with zero attached hydrogens (tertiary/aromatic N) is 3. The monoisotopic (exact) mass is 434 g/mol. The predicted octanol–water partition coefficient (Wildman–Crippen LogP) is 5.67. The van der Waals surface area contributed by atoms with Crippen LogP contribution in [0.25, 0.3) is 17.0 Å². The molecule has 2 N–H and O–H groups in total. The Bertz CT molecular complexity index is 1110. The average molecular weight is 435 g/mol. The molecule has 2 aromatic heterocycles. The number of pyridine rings is 2. The van der Waals surface area contributed by atoms with Gasteiger partial charge in [0.05, 0.1) is 5.69 Å². The van der Waals surface area contributed by atoms with Crippen molar-refractivity contribution in [3.8, 4) is 11.3 Å². The zero-order chi connectivity index (χ0) is 23.8. The van der Waals surface area contributed by atoms with Gasteiger partial charge >= 0.3 is 0 Å². The van der Waals surface area contributed by atoms with Crippen molar-refractivity contribution in [3.05, 3.63) is 83.1 Å². The molecule has 0 aliphatic carbocycles. The molecule has 0 spiro atoms. The van der Waals surface area contributed by atoms with Gasteiger partial charge in [0.1, 0.15) is 5.82 Å². The van der Waals surface area contributed by atoms with E-state index >= 15 is 0 Å². The van der Waals surface area contributed by atoms with Crippen LogP contribution in [-0.2, 0) is 4.79 Å². The largest absolute Gasteiger partial charge is 0.398 e. The summed E-state index contributed by atoms with van der Waals surface area (Å²) in [4.78, 5) is 23.5. The Morgan fingerprint density at radius 1 is 1.09 bits per heavy atom. The number of carbonyl (C=O) groups is 1. The van der Waals surface area contributed by atoms with Gasteiger partial charge in [-0.05, 0) is 64.1 Å². The van der Waals surface area contributed by atoms with Gasteiger partial charge in [0.15, 0.2) is 0 Å². The summed E-state index contributed by atoms with van der Waals surface area (Å²) in [6.45, 7) is 11.4. The third-order valence-electron chi connectivity index (χ3n) is 5.15. The lowest BCUT2D eigenvalue weighted by atomic mass is 10.0. The summed E-state index contributed by atoms with van der Waals surface area (Å²) in [5.74, 6) is -0.612. The number of aromatic nitrogens is 2. The van der Waals surface area contributed by atoms with E-state index in [2.05, 4.69) is 9.97 Å². The number of rotatable bonds is 5. The van der Waals surface area contributed by atoms with Crippen molar-refractivity contribution in [1.82, 2.24) is 9.97 Å². The molecule has 0 aliphatic rings. The summed E-state index contributed by atoms with van der Waals surface area (Å²) in [5.41, 5.74) is 11.2. The van der Waals surface area contributed by atoms with E-state index in [0.717, 1.165) is 11.3 Å². The summed E-state index contributed by atoms with van der Waals surface area (Å²) < 4.78 is 14.0. The molecule has 32 heavy (non-hydrogen) atoms. The van der Waals surface area contributed by atoms with Gasteiger partial charge in [-0.3, -0.25) is 14.8 Å². The van der Waals surface area contributed by atoms with Gasteiger partial charge in [-0.1, -0.05) is 19.9 Å². The first kappa shape index (κ1) is 24.7. The van der Waals surface area contributed by atoms with Gasteiger partial charge < -0.3 is 10.6 Å². The van der Waals surface area contributed by atoms with Crippen LogP contribution in [0.1, 0.15) is 44.5 Å². The normalized spacial score (nSPS) is 11.2. The highest BCUT2D eigenvalue weighted by molar-refractivity contribution is 6.10. The van der Waals surface area contributed by atoms with Crippen LogP contribution < -0.4 is 10.6 Å². The Balaban J connectivity index is 0.00000176. The van der Waals surface area contributed by atoms with E-state index in [0.29, 0.717) is 40.3 Å². The van der Waals surface area contributed by atoms with E-state index in [1.807, 2.05) is 52.0 Å². The Hall–Kier alpha value is -3.54. The molecular formula is C26H31FN4O. The molecule has 1 aromatic carbocycles. The number of benzene rings is 1. The fourth-order valence-corrected chi connectivity index (χ4v) is 3.35. The van der Waals surface area contributed by atoms with Crippen molar-refractivity contribution in [3.63, 3.8) is 0 Å². The molecule has 0 aliphatic heterocycles. The van der Waals surface area contributed by atoms with Gasteiger partial charge in [0, 0.05) is 58.3 Å². The maximum Gasteiger partial charge on any atom is 0.256 e. The lowest BCUT2D eigenvalue weighted by Crippen LogP contribution is -2.33. The molecule has 168 valence electrons. The molecular weight excluding hydrogens is 403 g/mol. The molecule has 0 saturated carbocycles. The molecule has 2 heterocycles. The van der Waals surface area contributed by atoms with Crippen LogP contribution in [-0.4, -0.2) is 22.4 Å². The van der Waals surface area contributed by atoms with E-state index in [4.69, 9.17) is 5.73 Å². The highest BCUT2D eigenvalue weighted by Crippen LogP contribution is 2.26. The number of hydrogen-bond acceptors (Lipinski definition) is 4. The van der Waals surface area contributed by atoms with Crippen LogP contribution in [0.3, 0.4) is 0 Å². The lowest BCUT2D eigenvalue weighted by Gasteiger charge is -2.24. The first-order valence-corrected chi connectivity index (χ1v) is 10.8. The van der Waals surface area contributed by atoms with Gasteiger partial charge in [-0.2, -0.15) is 0 Å². The number of aryl methyl sites for hydroxylation is 1. The highest BCUT2D eigenvalue weighted by atomic mass is 19.1. The van der Waals surface area contributed by atoms with Gasteiger partial charge in [-0.15, -0.1) is 0 Å². The van der Waals surface area contributed by atoms with E-state index in [1.165, 1.54) is 11.0 Å². The van der Waals surface area contributed by atoms with Crippen molar-refractivity contribution in [2.75, 3.05) is 11.4 Å². The van der Waals surface area contributed by atoms with E-state index < -0.39 is 0 Å². The number of halogens is 1. The quantitative estimate of drug-likeness (QED) is 0.525. The second kappa shape index (κ2) is 11.2. The maximum absolute atomic E-state index is 14.0. The number of likely N-dealkylation sites (N-methyl/N-ethyl adjacent to an activating group) is 1. The SMILES string of the molecule is CC.CCN(C(=O)/C(C)=C(\N)c1ccc(-c2cccnc2)nc1C)c1cccc(F)c1C. The predicted molar refractivity (Wildman–Crippen MR) is 129 cm³/mol. The zero-order valence-corrected chi connectivity index (χ0v) is 19.6. The summed E-state index contributed by atoms with van der Waals surface area (Å²) in [6.07, 6.45) is 3.45. The summed E-state index contributed by atoms with van der Waals surface area (Å²) in [7, 11) is 0. The molecule has 0 saturated heterocycles. The fraction of sp³-hybridized carbons (Fsp3) is 0.269. The third-order valence-corrected chi connectivity index (χ3v) is 5.15. The molecule has 0 atom stereocenters. The van der Waals surface area contributed by atoms with E-state index in [1.54, 1.807) is 38.4 Å². The summed E-state index contributed by atoms with van der Waals surface area (Å²) in [6, 6.07) is 12.2. The Labute approximate surface area is 189 Å². The second-order valence-electron chi connectivity index (χ2n) is 7.04.